The lowest BCUT2D eigenvalue weighted by atomic mass is 9.95. The standard InChI is InChI=1S/C17H24N2O2S/c1-18-12-13-19(17(15-18)10-5-6-11-17)22(20,21)14-9-16-7-3-2-4-8-16/h2-4,7-9,14H,5-6,10-13,15H2,1H3. The maximum Gasteiger partial charge on any atom is 0.236 e. The third-order valence-corrected chi connectivity index (χ3v) is 6.52. The molecule has 1 aliphatic heterocycles. The predicted octanol–water partition coefficient (Wildman–Crippen LogP) is 2.55. The molecule has 22 heavy (non-hydrogen) atoms. The molecule has 0 unspecified atom stereocenters. The monoisotopic (exact) mass is 320 g/mol. The maximum absolute atomic E-state index is 12.8. The first kappa shape index (κ1) is 15.7. The third-order valence-electron chi connectivity index (χ3n) is 4.85. The molecule has 1 heterocycles. The van der Waals surface area contributed by atoms with Crippen LogP contribution < -0.4 is 0 Å². The SMILES string of the molecule is CN1CCN(S(=O)(=O)C=Cc2ccccc2)C2(CCCC2)C1. The highest BCUT2D eigenvalue weighted by molar-refractivity contribution is 7.92. The van der Waals surface area contributed by atoms with Gasteiger partial charge in [0.25, 0.3) is 0 Å². The Morgan fingerprint density at radius 1 is 1.09 bits per heavy atom. The van der Waals surface area contributed by atoms with Crippen molar-refractivity contribution in [2.24, 2.45) is 0 Å². The number of piperazine rings is 1. The molecule has 2 fully saturated rings. The van der Waals surface area contributed by atoms with Crippen LogP contribution in [0.15, 0.2) is 35.7 Å². The molecule has 2 aliphatic rings. The number of rotatable bonds is 3. The molecular weight excluding hydrogens is 296 g/mol. The van der Waals surface area contributed by atoms with Gasteiger partial charge >= 0.3 is 0 Å². The molecule has 1 aromatic carbocycles. The van der Waals surface area contributed by atoms with Crippen molar-refractivity contribution in [3.63, 3.8) is 0 Å². The van der Waals surface area contributed by atoms with Gasteiger partial charge < -0.3 is 4.90 Å². The zero-order valence-electron chi connectivity index (χ0n) is 13.1. The van der Waals surface area contributed by atoms with Crippen LogP contribution in [-0.2, 0) is 10.0 Å². The first-order valence-corrected chi connectivity index (χ1v) is 9.47. The van der Waals surface area contributed by atoms with E-state index in [9.17, 15) is 8.42 Å². The van der Waals surface area contributed by atoms with Gasteiger partial charge in [-0.2, -0.15) is 4.31 Å². The highest BCUT2D eigenvalue weighted by Crippen LogP contribution is 2.39. The Bertz CT molecular complexity index is 634. The number of sulfonamides is 1. The molecule has 4 nitrogen and oxygen atoms in total. The van der Waals surface area contributed by atoms with E-state index in [0.717, 1.165) is 44.3 Å². The Balaban J connectivity index is 1.85. The lowest BCUT2D eigenvalue weighted by Crippen LogP contribution is -2.61. The summed E-state index contributed by atoms with van der Waals surface area (Å²) in [5, 5.41) is 1.38. The van der Waals surface area contributed by atoms with Crippen molar-refractivity contribution in [3.05, 3.63) is 41.3 Å². The smallest absolute Gasteiger partial charge is 0.236 e. The molecule has 1 aliphatic carbocycles. The largest absolute Gasteiger partial charge is 0.303 e. The van der Waals surface area contributed by atoms with Crippen LogP contribution in [0.25, 0.3) is 6.08 Å². The molecular formula is C17H24N2O2S. The van der Waals surface area contributed by atoms with Gasteiger partial charge in [0.15, 0.2) is 0 Å². The summed E-state index contributed by atoms with van der Waals surface area (Å²) in [4.78, 5) is 2.26. The maximum atomic E-state index is 12.8. The van der Waals surface area contributed by atoms with E-state index in [1.165, 1.54) is 5.41 Å². The van der Waals surface area contributed by atoms with E-state index in [0.29, 0.717) is 6.54 Å². The van der Waals surface area contributed by atoms with Crippen LogP contribution in [0.4, 0.5) is 0 Å². The second kappa shape index (κ2) is 6.14. The average molecular weight is 320 g/mol. The van der Waals surface area contributed by atoms with Crippen LogP contribution in [0.5, 0.6) is 0 Å². The molecule has 0 aromatic heterocycles. The fourth-order valence-electron chi connectivity index (χ4n) is 3.80. The van der Waals surface area contributed by atoms with Gasteiger partial charge in [-0.3, -0.25) is 0 Å². The zero-order valence-corrected chi connectivity index (χ0v) is 13.9. The fraction of sp³-hybridized carbons (Fsp3) is 0.529. The van der Waals surface area contributed by atoms with Crippen molar-refractivity contribution in [3.8, 4) is 0 Å². The first-order valence-electron chi connectivity index (χ1n) is 7.96. The molecule has 120 valence electrons. The van der Waals surface area contributed by atoms with E-state index in [1.807, 2.05) is 30.3 Å². The van der Waals surface area contributed by atoms with Gasteiger partial charge in [0.2, 0.25) is 10.0 Å². The van der Waals surface area contributed by atoms with Crippen LogP contribution in [0.2, 0.25) is 0 Å². The van der Waals surface area contributed by atoms with Crippen molar-refractivity contribution in [2.45, 2.75) is 31.2 Å². The van der Waals surface area contributed by atoms with Gasteiger partial charge in [-0.25, -0.2) is 8.42 Å². The number of likely N-dealkylation sites (N-methyl/N-ethyl adjacent to an activating group) is 1. The van der Waals surface area contributed by atoms with Crippen LogP contribution in [0.1, 0.15) is 31.2 Å². The van der Waals surface area contributed by atoms with Gasteiger partial charge in [-0.1, -0.05) is 43.2 Å². The van der Waals surface area contributed by atoms with Gasteiger partial charge in [-0.15, -0.1) is 0 Å². The Morgan fingerprint density at radius 3 is 2.45 bits per heavy atom. The minimum Gasteiger partial charge on any atom is -0.303 e. The summed E-state index contributed by atoms with van der Waals surface area (Å²) in [5.74, 6) is 0. The minimum atomic E-state index is -3.37. The predicted molar refractivity (Wildman–Crippen MR) is 89.8 cm³/mol. The molecule has 0 N–H and O–H groups in total. The van der Waals surface area contributed by atoms with Crippen LogP contribution in [-0.4, -0.2) is 49.8 Å². The summed E-state index contributed by atoms with van der Waals surface area (Å²) in [7, 11) is -1.28. The Kier molecular flexibility index (Phi) is 4.39. The van der Waals surface area contributed by atoms with E-state index in [4.69, 9.17) is 0 Å². The van der Waals surface area contributed by atoms with Crippen LogP contribution >= 0.6 is 0 Å². The van der Waals surface area contributed by atoms with Crippen LogP contribution in [0.3, 0.4) is 0 Å². The molecule has 1 saturated heterocycles. The molecule has 5 heteroatoms. The highest BCUT2D eigenvalue weighted by Gasteiger charge is 2.47. The van der Waals surface area contributed by atoms with Crippen molar-refractivity contribution in [2.75, 3.05) is 26.7 Å². The Labute approximate surface area is 133 Å². The highest BCUT2D eigenvalue weighted by atomic mass is 32.2. The molecule has 1 saturated carbocycles. The number of benzene rings is 1. The zero-order chi connectivity index (χ0) is 15.6. The number of nitrogens with zero attached hydrogens (tertiary/aromatic N) is 2. The van der Waals surface area contributed by atoms with Crippen molar-refractivity contribution in [1.29, 1.82) is 0 Å². The Morgan fingerprint density at radius 2 is 1.77 bits per heavy atom. The molecule has 1 spiro atoms. The van der Waals surface area contributed by atoms with E-state index in [-0.39, 0.29) is 5.54 Å². The second-order valence-electron chi connectivity index (χ2n) is 6.50. The van der Waals surface area contributed by atoms with Gasteiger partial charge in [-0.05, 0) is 31.5 Å². The lowest BCUT2D eigenvalue weighted by Gasteiger charge is -2.46. The molecule has 0 radical (unpaired) electrons. The van der Waals surface area contributed by atoms with Gasteiger partial charge in [0.05, 0.1) is 0 Å². The van der Waals surface area contributed by atoms with E-state index >= 15 is 0 Å². The molecule has 3 rings (SSSR count). The van der Waals surface area contributed by atoms with E-state index in [1.54, 1.807) is 10.4 Å². The summed E-state index contributed by atoms with van der Waals surface area (Å²) in [6.07, 6.45) is 5.92. The quantitative estimate of drug-likeness (QED) is 0.859. The van der Waals surface area contributed by atoms with Crippen LogP contribution in [0, 0.1) is 0 Å². The summed E-state index contributed by atoms with van der Waals surface area (Å²) in [6.45, 7) is 2.25. The second-order valence-corrected chi connectivity index (χ2v) is 8.24. The summed E-state index contributed by atoms with van der Waals surface area (Å²) < 4.78 is 27.5. The van der Waals surface area contributed by atoms with E-state index < -0.39 is 10.0 Å². The third kappa shape index (κ3) is 3.12. The number of hydrogen-bond acceptors (Lipinski definition) is 3. The lowest BCUT2D eigenvalue weighted by molar-refractivity contribution is 0.0776. The topological polar surface area (TPSA) is 40.6 Å². The normalized spacial score (nSPS) is 23.5. The Hall–Kier alpha value is -1.17. The summed E-state index contributed by atoms with van der Waals surface area (Å²) in [6, 6.07) is 9.60. The first-order chi connectivity index (χ1) is 10.5. The molecule has 0 bridgehead atoms. The molecule has 0 atom stereocenters. The minimum absolute atomic E-state index is 0.188. The fourth-order valence-corrected chi connectivity index (χ4v) is 5.39. The number of hydrogen-bond donors (Lipinski definition) is 0. The average Bonchev–Trinajstić information content (AvgIpc) is 2.94. The molecule has 0 amide bonds. The summed E-state index contributed by atoms with van der Waals surface area (Å²) in [5.41, 5.74) is 0.730. The van der Waals surface area contributed by atoms with Gasteiger partial charge in [0, 0.05) is 30.6 Å². The molecule has 1 aromatic rings. The van der Waals surface area contributed by atoms with Crippen molar-refractivity contribution >= 4 is 16.1 Å². The van der Waals surface area contributed by atoms with E-state index in [2.05, 4.69) is 11.9 Å². The summed E-state index contributed by atoms with van der Waals surface area (Å²) >= 11 is 0. The van der Waals surface area contributed by atoms with Gasteiger partial charge in [0.1, 0.15) is 0 Å². The van der Waals surface area contributed by atoms with Crippen molar-refractivity contribution < 1.29 is 8.42 Å². The van der Waals surface area contributed by atoms with Crippen molar-refractivity contribution in [1.82, 2.24) is 9.21 Å².